The van der Waals surface area contributed by atoms with E-state index in [2.05, 4.69) is 12.1 Å². The van der Waals surface area contributed by atoms with Crippen LogP contribution < -0.4 is 5.73 Å². The molecule has 1 aliphatic heterocycles. The first kappa shape index (κ1) is 17.5. The van der Waals surface area contributed by atoms with Gasteiger partial charge in [0.2, 0.25) is 5.91 Å². The second kappa shape index (κ2) is 6.67. The fourth-order valence-corrected chi connectivity index (χ4v) is 5.35. The van der Waals surface area contributed by atoms with E-state index in [0.717, 1.165) is 46.2 Å². The molecule has 5 nitrogen and oxygen atoms in total. The molecule has 2 N–H and O–H groups in total. The molecule has 2 aromatic rings. The standard InChI is InChI=1S/C20H25N3O2S/c1-14-15-6-2-3-7-16(15)26-17(14)18(24)22-10-12-23(13-11-22)19(25)20(21)8-4-5-9-20/h2-3,6-7H,4-5,8-13,21H2,1H3. The summed E-state index contributed by atoms with van der Waals surface area (Å²) in [6.07, 6.45) is 3.63. The number of rotatable bonds is 2. The van der Waals surface area contributed by atoms with Crippen molar-refractivity contribution < 1.29 is 9.59 Å². The zero-order valence-corrected chi connectivity index (χ0v) is 16.0. The number of hydrogen-bond acceptors (Lipinski definition) is 4. The van der Waals surface area contributed by atoms with Gasteiger partial charge in [-0.3, -0.25) is 9.59 Å². The number of nitrogens with zero attached hydrogens (tertiary/aromatic N) is 2. The lowest BCUT2D eigenvalue weighted by molar-refractivity contribution is -0.138. The van der Waals surface area contributed by atoms with E-state index in [1.54, 1.807) is 11.3 Å². The largest absolute Gasteiger partial charge is 0.338 e. The normalized spacial score (nSPS) is 19.9. The highest BCUT2D eigenvalue weighted by molar-refractivity contribution is 7.21. The maximum atomic E-state index is 13.0. The fraction of sp³-hybridized carbons (Fsp3) is 0.500. The molecular formula is C20H25N3O2S. The Bertz CT molecular complexity index is 846. The van der Waals surface area contributed by atoms with Gasteiger partial charge in [0, 0.05) is 30.9 Å². The van der Waals surface area contributed by atoms with Gasteiger partial charge in [0.1, 0.15) is 0 Å². The number of carbonyl (C=O) groups is 2. The average Bonchev–Trinajstić information content (AvgIpc) is 3.26. The number of fused-ring (bicyclic) bond motifs is 1. The summed E-state index contributed by atoms with van der Waals surface area (Å²) in [5.41, 5.74) is 6.70. The van der Waals surface area contributed by atoms with Crippen molar-refractivity contribution in [3.05, 3.63) is 34.7 Å². The highest BCUT2D eigenvalue weighted by Crippen LogP contribution is 2.32. The number of amides is 2. The molecule has 6 heteroatoms. The Hall–Kier alpha value is -1.92. The van der Waals surface area contributed by atoms with Crippen molar-refractivity contribution in [3.8, 4) is 0 Å². The summed E-state index contributed by atoms with van der Waals surface area (Å²) < 4.78 is 1.15. The Labute approximate surface area is 157 Å². The molecule has 4 rings (SSSR count). The van der Waals surface area contributed by atoms with Crippen LogP contribution in [0.1, 0.15) is 40.9 Å². The SMILES string of the molecule is Cc1c(C(=O)N2CCN(C(=O)C3(N)CCCC3)CC2)sc2ccccc12. The van der Waals surface area contributed by atoms with Gasteiger partial charge in [-0.15, -0.1) is 11.3 Å². The smallest absolute Gasteiger partial charge is 0.264 e. The van der Waals surface area contributed by atoms with Crippen LogP contribution in [0.15, 0.2) is 24.3 Å². The van der Waals surface area contributed by atoms with Gasteiger partial charge in [0.15, 0.2) is 0 Å². The van der Waals surface area contributed by atoms with Crippen LogP contribution in [0.4, 0.5) is 0 Å². The summed E-state index contributed by atoms with van der Waals surface area (Å²) in [5, 5.41) is 1.15. The van der Waals surface area contributed by atoms with E-state index < -0.39 is 5.54 Å². The number of carbonyl (C=O) groups excluding carboxylic acids is 2. The molecule has 2 heterocycles. The minimum atomic E-state index is -0.672. The third-order valence-corrected chi connectivity index (χ3v) is 7.07. The number of hydrogen-bond donors (Lipinski definition) is 1. The molecule has 1 saturated carbocycles. The van der Waals surface area contributed by atoms with Gasteiger partial charge in [-0.1, -0.05) is 31.0 Å². The van der Waals surface area contributed by atoms with E-state index >= 15 is 0 Å². The van der Waals surface area contributed by atoms with Crippen molar-refractivity contribution in [3.63, 3.8) is 0 Å². The second-order valence-corrected chi connectivity index (χ2v) is 8.55. The van der Waals surface area contributed by atoms with Gasteiger partial charge >= 0.3 is 0 Å². The molecule has 1 aromatic carbocycles. The van der Waals surface area contributed by atoms with Crippen LogP contribution in [0.2, 0.25) is 0 Å². The number of nitrogens with two attached hydrogens (primary N) is 1. The third kappa shape index (κ3) is 2.91. The van der Waals surface area contributed by atoms with E-state index in [1.165, 1.54) is 0 Å². The highest BCUT2D eigenvalue weighted by Gasteiger charge is 2.41. The van der Waals surface area contributed by atoms with Gasteiger partial charge in [-0.2, -0.15) is 0 Å². The summed E-state index contributed by atoms with van der Waals surface area (Å²) in [4.78, 5) is 30.3. The third-order valence-electron chi connectivity index (χ3n) is 5.81. The van der Waals surface area contributed by atoms with Gasteiger partial charge in [-0.25, -0.2) is 0 Å². The summed E-state index contributed by atoms with van der Waals surface area (Å²) in [7, 11) is 0. The lowest BCUT2D eigenvalue weighted by Gasteiger charge is -2.38. The van der Waals surface area contributed by atoms with E-state index in [9.17, 15) is 9.59 Å². The van der Waals surface area contributed by atoms with Crippen LogP contribution in [-0.4, -0.2) is 53.3 Å². The Balaban J connectivity index is 1.45. The van der Waals surface area contributed by atoms with Gasteiger partial charge in [0.25, 0.3) is 5.91 Å². The molecule has 2 fully saturated rings. The van der Waals surface area contributed by atoms with Crippen molar-refractivity contribution in [1.82, 2.24) is 9.80 Å². The summed E-state index contributed by atoms with van der Waals surface area (Å²) in [5.74, 6) is 0.152. The molecule has 1 saturated heterocycles. The van der Waals surface area contributed by atoms with Crippen LogP contribution >= 0.6 is 11.3 Å². The molecule has 0 spiro atoms. The monoisotopic (exact) mass is 371 g/mol. The van der Waals surface area contributed by atoms with Gasteiger partial charge in [0.05, 0.1) is 10.4 Å². The first-order chi connectivity index (χ1) is 12.5. The number of piperazine rings is 1. The van der Waals surface area contributed by atoms with Crippen LogP contribution in [0.3, 0.4) is 0 Å². The fourth-order valence-electron chi connectivity index (χ4n) is 4.17. The lowest BCUT2D eigenvalue weighted by atomic mass is 9.97. The Morgan fingerprint density at radius 2 is 1.65 bits per heavy atom. The molecule has 0 unspecified atom stereocenters. The van der Waals surface area contributed by atoms with Crippen molar-refractivity contribution in [2.45, 2.75) is 38.1 Å². The van der Waals surface area contributed by atoms with Crippen LogP contribution in [0, 0.1) is 6.92 Å². The molecule has 1 aromatic heterocycles. The Kier molecular flexibility index (Phi) is 4.49. The average molecular weight is 372 g/mol. The number of aryl methyl sites for hydroxylation is 1. The van der Waals surface area contributed by atoms with E-state index in [4.69, 9.17) is 5.73 Å². The molecule has 0 radical (unpaired) electrons. The predicted octanol–water partition coefficient (Wildman–Crippen LogP) is 2.77. The van der Waals surface area contributed by atoms with Gasteiger partial charge in [-0.05, 0) is 36.8 Å². The van der Waals surface area contributed by atoms with Crippen LogP contribution in [0.25, 0.3) is 10.1 Å². The number of thiophene rings is 1. The van der Waals surface area contributed by atoms with E-state index in [1.807, 2.05) is 28.9 Å². The topological polar surface area (TPSA) is 66.6 Å². The van der Waals surface area contributed by atoms with Crippen molar-refractivity contribution >= 4 is 33.2 Å². The minimum Gasteiger partial charge on any atom is -0.338 e. The molecule has 2 amide bonds. The summed E-state index contributed by atoms with van der Waals surface area (Å²) in [6.45, 7) is 4.33. The Morgan fingerprint density at radius 1 is 1.04 bits per heavy atom. The molecule has 0 bridgehead atoms. The van der Waals surface area contributed by atoms with Crippen LogP contribution in [0.5, 0.6) is 0 Å². The van der Waals surface area contributed by atoms with Crippen molar-refractivity contribution in [1.29, 1.82) is 0 Å². The van der Waals surface area contributed by atoms with E-state index in [0.29, 0.717) is 26.2 Å². The molecule has 26 heavy (non-hydrogen) atoms. The van der Waals surface area contributed by atoms with Crippen molar-refractivity contribution in [2.75, 3.05) is 26.2 Å². The molecule has 138 valence electrons. The quantitative estimate of drug-likeness (QED) is 0.883. The maximum absolute atomic E-state index is 13.0. The molecular weight excluding hydrogens is 346 g/mol. The van der Waals surface area contributed by atoms with E-state index in [-0.39, 0.29) is 11.8 Å². The predicted molar refractivity (Wildman–Crippen MR) is 104 cm³/mol. The molecule has 0 atom stereocenters. The van der Waals surface area contributed by atoms with Gasteiger partial charge < -0.3 is 15.5 Å². The Morgan fingerprint density at radius 3 is 2.31 bits per heavy atom. The zero-order valence-electron chi connectivity index (χ0n) is 15.2. The number of benzene rings is 1. The summed E-state index contributed by atoms with van der Waals surface area (Å²) in [6, 6.07) is 8.13. The minimum absolute atomic E-state index is 0.0696. The highest BCUT2D eigenvalue weighted by atomic mass is 32.1. The summed E-state index contributed by atoms with van der Waals surface area (Å²) >= 11 is 1.56. The van der Waals surface area contributed by atoms with Crippen LogP contribution in [-0.2, 0) is 4.79 Å². The first-order valence-electron chi connectivity index (χ1n) is 9.35. The second-order valence-electron chi connectivity index (χ2n) is 7.50. The van der Waals surface area contributed by atoms with Crippen molar-refractivity contribution in [2.24, 2.45) is 5.73 Å². The molecule has 1 aliphatic carbocycles. The maximum Gasteiger partial charge on any atom is 0.264 e. The molecule has 2 aliphatic rings. The lowest BCUT2D eigenvalue weighted by Crippen LogP contribution is -2.59. The zero-order chi connectivity index (χ0) is 18.3. The first-order valence-corrected chi connectivity index (χ1v) is 10.2.